The Hall–Kier alpha value is -2.73. The maximum Gasteiger partial charge on any atom is 0.335 e. The molecule has 0 bridgehead atoms. The molecular formula is C18H13BrN2O3. The van der Waals surface area contributed by atoms with Crippen LogP contribution in [0.3, 0.4) is 0 Å². The largest absolute Gasteiger partial charge is 0.335 e. The summed E-state index contributed by atoms with van der Waals surface area (Å²) in [5.41, 5.74) is 2.08. The maximum absolute atomic E-state index is 12.7. The fourth-order valence-corrected chi connectivity index (χ4v) is 2.72. The molecule has 1 heterocycles. The number of hydrogen-bond donors (Lipinski definition) is 1. The second kappa shape index (κ2) is 6.41. The normalized spacial score (nSPS) is 16.5. The van der Waals surface area contributed by atoms with Crippen LogP contribution in [-0.4, -0.2) is 17.8 Å². The number of hydrogen-bond acceptors (Lipinski definition) is 3. The third-order valence-electron chi connectivity index (χ3n) is 3.56. The predicted octanol–water partition coefficient (Wildman–Crippen LogP) is 3.42. The fraction of sp³-hybridized carbons (Fsp3) is 0.0556. The molecule has 1 fully saturated rings. The average molecular weight is 385 g/mol. The van der Waals surface area contributed by atoms with E-state index in [1.807, 2.05) is 31.2 Å². The zero-order valence-corrected chi connectivity index (χ0v) is 14.3. The molecule has 2 aromatic carbocycles. The lowest BCUT2D eigenvalue weighted by Gasteiger charge is -2.26. The SMILES string of the molecule is Cc1ccc(/C=C2/C(=O)NC(=O)N(c3cccc(Br)c3)C2=O)cc1. The molecule has 1 aliphatic heterocycles. The van der Waals surface area contributed by atoms with Crippen LogP contribution in [0.5, 0.6) is 0 Å². The smallest absolute Gasteiger partial charge is 0.273 e. The lowest BCUT2D eigenvalue weighted by molar-refractivity contribution is -0.122. The summed E-state index contributed by atoms with van der Waals surface area (Å²) < 4.78 is 0.724. The van der Waals surface area contributed by atoms with E-state index in [2.05, 4.69) is 21.2 Å². The molecule has 120 valence electrons. The molecule has 6 heteroatoms. The lowest BCUT2D eigenvalue weighted by atomic mass is 10.1. The highest BCUT2D eigenvalue weighted by Crippen LogP contribution is 2.24. The van der Waals surface area contributed by atoms with E-state index in [1.54, 1.807) is 24.3 Å². The highest BCUT2D eigenvalue weighted by Gasteiger charge is 2.36. The van der Waals surface area contributed by atoms with Crippen molar-refractivity contribution < 1.29 is 14.4 Å². The predicted molar refractivity (Wildman–Crippen MR) is 94.3 cm³/mol. The van der Waals surface area contributed by atoms with Crippen LogP contribution >= 0.6 is 15.9 Å². The average Bonchev–Trinajstić information content (AvgIpc) is 2.53. The summed E-state index contributed by atoms with van der Waals surface area (Å²) in [7, 11) is 0. The maximum atomic E-state index is 12.7. The van der Waals surface area contributed by atoms with Crippen molar-refractivity contribution in [3.8, 4) is 0 Å². The van der Waals surface area contributed by atoms with E-state index in [4.69, 9.17) is 0 Å². The van der Waals surface area contributed by atoms with Gasteiger partial charge in [-0.05, 0) is 36.8 Å². The number of nitrogens with zero attached hydrogens (tertiary/aromatic N) is 1. The summed E-state index contributed by atoms with van der Waals surface area (Å²) in [6.07, 6.45) is 1.48. The minimum atomic E-state index is -0.760. The van der Waals surface area contributed by atoms with Crippen LogP contribution in [0, 0.1) is 6.92 Å². The number of carbonyl (C=O) groups is 3. The second-order valence-electron chi connectivity index (χ2n) is 5.35. The molecule has 24 heavy (non-hydrogen) atoms. The summed E-state index contributed by atoms with van der Waals surface area (Å²) in [5.74, 6) is -1.35. The van der Waals surface area contributed by atoms with Crippen molar-refractivity contribution in [1.29, 1.82) is 0 Å². The highest BCUT2D eigenvalue weighted by molar-refractivity contribution is 9.10. The van der Waals surface area contributed by atoms with Crippen LogP contribution in [0.25, 0.3) is 6.08 Å². The van der Waals surface area contributed by atoms with Crippen LogP contribution in [0.4, 0.5) is 10.5 Å². The molecule has 5 nitrogen and oxygen atoms in total. The second-order valence-corrected chi connectivity index (χ2v) is 6.26. The van der Waals surface area contributed by atoms with Crippen LogP contribution in [0.15, 0.2) is 58.6 Å². The minimum absolute atomic E-state index is 0.0848. The molecular weight excluding hydrogens is 372 g/mol. The summed E-state index contributed by atoms with van der Waals surface area (Å²) >= 11 is 3.30. The van der Waals surface area contributed by atoms with Gasteiger partial charge in [0, 0.05) is 4.47 Å². The molecule has 0 unspecified atom stereocenters. The number of carbonyl (C=O) groups excluding carboxylic acids is 3. The first kappa shape index (κ1) is 16.1. The number of imide groups is 2. The monoisotopic (exact) mass is 384 g/mol. The van der Waals surface area contributed by atoms with E-state index >= 15 is 0 Å². The molecule has 0 aliphatic carbocycles. The third kappa shape index (κ3) is 3.14. The number of urea groups is 1. The molecule has 1 N–H and O–H groups in total. The van der Waals surface area contributed by atoms with E-state index in [1.165, 1.54) is 6.08 Å². The van der Waals surface area contributed by atoms with Crippen molar-refractivity contribution in [2.24, 2.45) is 0 Å². The van der Waals surface area contributed by atoms with Gasteiger partial charge in [0.15, 0.2) is 0 Å². The molecule has 1 aliphatic rings. The summed E-state index contributed by atoms with van der Waals surface area (Å²) in [4.78, 5) is 37.8. The zero-order chi connectivity index (χ0) is 17.3. The van der Waals surface area contributed by atoms with Crippen molar-refractivity contribution in [1.82, 2.24) is 5.32 Å². The van der Waals surface area contributed by atoms with Crippen molar-refractivity contribution in [2.45, 2.75) is 6.92 Å². The topological polar surface area (TPSA) is 66.5 Å². The molecule has 1 saturated heterocycles. The Labute approximate surface area is 147 Å². The summed E-state index contributed by atoms with van der Waals surface area (Å²) in [6.45, 7) is 1.95. The van der Waals surface area contributed by atoms with Crippen molar-refractivity contribution in [3.05, 3.63) is 69.7 Å². The Kier molecular flexibility index (Phi) is 4.31. The molecule has 0 atom stereocenters. The van der Waals surface area contributed by atoms with E-state index < -0.39 is 17.8 Å². The van der Waals surface area contributed by atoms with Gasteiger partial charge in [-0.1, -0.05) is 51.8 Å². The van der Waals surface area contributed by atoms with E-state index in [9.17, 15) is 14.4 Å². The Morgan fingerprint density at radius 1 is 1.04 bits per heavy atom. The number of anilines is 1. The number of amides is 4. The minimum Gasteiger partial charge on any atom is -0.273 e. The fourth-order valence-electron chi connectivity index (χ4n) is 2.34. The Morgan fingerprint density at radius 2 is 1.75 bits per heavy atom. The molecule has 0 aromatic heterocycles. The van der Waals surface area contributed by atoms with Crippen molar-refractivity contribution >= 4 is 45.5 Å². The van der Waals surface area contributed by atoms with Gasteiger partial charge in [0.1, 0.15) is 5.57 Å². The van der Waals surface area contributed by atoms with Crippen molar-refractivity contribution in [2.75, 3.05) is 4.90 Å². The van der Waals surface area contributed by atoms with Crippen LogP contribution in [-0.2, 0) is 9.59 Å². The molecule has 2 aromatic rings. The Balaban J connectivity index is 2.01. The van der Waals surface area contributed by atoms with E-state index in [-0.39, 0.29) is 5.57 Å². The van der Waals surface area contributed by atoms with E-state index in [0.717, 1.165) is 14.9 Å². The first-order valence-corrected chi connectivity index (χ1v) is 7.99. The standard InChI is InChI=1S/C18H13BrN2O3/c1-11-5-7-12(8-6-11)9-15-16(22)20-18(24)21(17(15)23)14-4-2-3-13(19)10-14/h2-10H,1H3,(H,20,22,24)/b15-9-. The zero-order valence-electron chi connectivity index (χ0n) is 12.7. The van der Waals surface area contributed by atoms with Gasteiger partial charge in [-0.25, -0.2) is 9.69 Å². The van der Waals surface area contributed by atoms with E-state index in [0.29, 0.717) is 11.3 Å². The van der Waals surface area contributed by atoms with Crippen LogP contribution < -0.4 is 10.2 Å². The lowest BCUT2D eigenvalue weighted by Crippen LogP contribution is -2.54. The number of aryl methyl sites for hydroxylation is 1. The molecule has 0 radical (unpaired) electrons. The van der Waals surface area contributed by atoms with Gasteiger partial charge in [-0.3, -0.25) is 14.9 Å². The summed E-state index contributed by atoms with van der Waals surface area (Å²) in [6, 6.07) is 13.4. The number of benzene rings is 2. The third-order valence-corrected chi connectivity index (χ3v) is 4.05. The first-order valence-electron chi connectivity index (χ1n) is 7.19. The molecule has 0 spiro atoms. The molecule has 4 amide bonds. The van der Waals surface area contributed by atoms with Gasteiger partial charge >= 0.3 is 6.03 Å². The van der Waals surface area contributed by atoms with Crippen LogP contribution in [0.1, 0.15) is 11.1 Å². The highest BCUT2D eigenvalue weighted by atomic mass is 79.9. The Morgan fingerprint density at radius 3 is 2.42 bits per heavy atom. The number of halogens is 1. The number of rotatable bonds is 2. The molecule has 3 rings (SSSR count). The summed E-state index contributed by atoms with van der Waals surface area (Å²) in [5, 5.41) is 2.20. The van der Waals surface area contributed by atoms with Crippen LogP contribution in [0.2, 0.25) is 0 Å². The van der Waals surface area contributed by atoms with Gasteiger partial charge < -0.3 is 0 Å². The first-order chi connectivity index (χ1) is 11.5. The van der Waals surface area contributed by atoms with Crippen molar-refractivity contribution in [3.63, 3.8) is 0 Å². The van der Waals surface area contributed by atoms with Gasteiger partial charge in [0.05, 0.1) is 5.69 Å². The number of nitrogens with one attached hydrogen (secondary N) is 1. The Bertz CT molecular complexity index is 872. The quantitative estimate of drug-likeness (QED) is 0.637. The van der Waals surface area contributed by atoms with Gasteiger partial charge in [0.2, 0.25) is 0 Å². The number of barbiturate groups is 1. The molecule has 0 saturated carbocycles. The van der Waals surface area contributed by atoms with Gasteiger partial charge in [0.25, 0.3) is 11.8 Å². The van der Waals surface area contributed by atoms with Gasteiger partial charge in [-0.2, -0.15) is 0 Å². The van der Waals surface area contributed by atoms with Gasteiger partial charge in [-0.15, -0.1) is 0 Å².